The summed E-state index contributed by atoms with van der Waals surface area (Å²) in [4.78, 5) is 21.8. The molecule has 1 aromatic rings. The van der Waals surface area contributed by atoms with Gasteiger partial charge in [0.2, 0.25) is 12.8 Å². The summed E-state index contributed by atoms with van der Waals surface area (Å²) in [5.74, 6) is 7.34. The number of hydrogen-bond acceptors (Lipinski definition) is 2. The number of carbonyl (C=O) groups is 2. The Morgan fingerprint density at radius 2 is 0.727 bits per heavy atom. The molecule has 1 saturated carbocycles. The van der Waals surface area contributed by atoms with Gasteiger partial charge in [-0.05, 0) is 54.9 Å². The maximum Gasteiger partial charge on any atom is 4.00 e. The normalized spacial score (nSPS) is 17.3. The fourth-order valence-electron chi connectivity index (χ4n) is 2.11. The molecule has 260 valence electrons. The Morgan fingerprint density at radius 3 is 0.864 bits per heavy atom. The Balaban J connectivity index is -0.000000140. The van der Waals surface area contributed by atoms with Crippen LogP contribution in [-0.2, 0) is 29.1 Å². The summed E-state index contributed by atoms with van der Waals surface area (Å²) in [7, 11) is -14.6. The number of hydrogen-bond donors (Lipinski definition) is 0. The first-order valence-electron chi connectivity index (χ1n) is 11.5. The van der Waals surface area contributed by atoms with E-state index < -0.39 is 15.6 Å². The molecule has 0 atom stereocenters. The topological polar surface area (TPSA) is 40.6 Å². The molecule has 2 amide bonds. The minimum Gasteiger partial charge on any atom is -0.0622 e. The summed E-state index contributed by atoms with van der Waals surface area (Å²) in [6, 6.07) is 10.1. The molecule has 44 heavy (non-hydrogen) atoms. The molecule has 0 aromatic heterocycles. The van der Waals surface area contributed by atoms with Crippen LogP contribution in [0.4, 0.5) is 50.4 Å². The van der Waals surface area contributed by atoms with E-state index >= 15 is 0 Å². The van der Waals surface area contributed by atoms with Gasteiger partial charge in [0.05, 0.1) is 0 Å². The second-order valence-corrected chi connectivity index (χ2v) is 12.8. The molecule has 4 nitrogen and oxygen atoms in total. The van der Waals surface area contributed by atoms with Gasteiger partial charge in [0, 0.05) is 28.2 Å². The Morgan fingerprint density at radius 1 is 0.545 bits per heavy atom. The van der Waals surface area contributed by atoms with Gasteiger partial charge < -0.3 is 9.80 Å². The van der Waals surface area contributed by atoms with Crippen LogP contribution in [0.3, 0.4) is 0 Å². The van der Waals surface area contributed by atoms with Crippen LogP contribution in [0.5, 0.6) is 0 Å². The van der Waals surface area contributed by atoms with Gasteiger partial charge in [-0.1, -0.05) is 65.0 Å². The van der Waals surface area contributed by atoms with E-state index in [-0.39, 0.29) is 19.5 Å². The smallest absolute Gasteiger partial charge is 0.0622 e. The molecule has 0 saturated heterocycles. The van der Waals surface area contributed by atoms with Crippen molar-refractivity contribution in [2.24, 2.45) is 0 Å². The quantitative estimate of drug-likeness (QED) is 0.132. The number of benzene rings is 1. The molecular formula is C25H38F12N2O2P2Ru+2. The summed E-state index contributed by atoms with van der Waals surface area (Å²) >= 11 is 0. The van der Waals surface area contributed by atoms with E-state index in [1.165, 1.54) is 45.0 Å². The van der Waals surface area contributed by atoms with Gasteiger partial charge in [0.15, 0.2) is 0 Å². The number of halogens is 12. The largest absolute Gasteiger partial charge is 4.00 e. The van der Waals surface area contributed by atoms with Crippen LogP contribution in [-0.4, -0.2) is 50.8 Å². The fourth-order valence-corrected chi connectivity index (χ4v) is 2.11. The van der Waals surface area contributed by atoms with Crippen LogP contribution in [0, 0.1) is 49.4 Å². The van der Waals surface area contributed by atoms with Crippen molar-refractivity contribution in [3.05, 3.63) is 85.3 Å². The molecule has 0 aliphatic heterocycles. The van der Waals surface area contributed by atoms with Crippen molar-refractivity contribution in [2.45, 2.75) is 34.6 Å². The van der Waals surface area contributed by atoms with Crippen molar-refractivity contribution in [2.75, 3.05) is 28.2 Å². The molecule has 19 heteroatoms. The molecule has 0 unspecified atom stereocenters. The zero-order chi connectivity index (χ0) is 35.8. The summed E-state index contributed by atoms with van der Waals surface area (Å²) in [5, 5.41) is 0. The van der Waals surface area contributed by atoms with Gasteiger partial charge in [0.25, 0.3) is 0 Å². The van der Waals surface area contributed by atoms with Crippen LogP contribution in [0.15, 0.2) is 30.3 Å². The SMILES string of the molecule is CN(C)C=O.CN(C)C=O.C[C]1[C](C)[C](C)[C](C)[C]1C.F[P-](F)(F)(F)(F)F.F[P-](F)(F)(F)(F)F.[CH2][CH][CH]c1ccccc1.[Ru+4]. The number of nitrogens with zero attached hydrogens (tertiary/aromatic N) is 2. The first-order valence-corrected chi connectivity index (χ1v) is 15.6. The molecule has 0 N–H and O–H groups in total. The van der Waals surface area contributed by atoms with Crippen molar-refractivity contribution in [1.29, 1.82) is 0 Å². The summed E-state index contributed by atoms with van der Waals surface area (Å²) < 4.78 is 118. The summed E-state index contributed by atoms with van der Waals surface area (Å²) in [5.41, 5.74) is 1.20. The molecular weight excluding hydrogens is 751 g/mol. The second kappa shape index (κ2) is 18.2. The standard InChI is InChI=1S/C10H15.C9H9.2C3H7NO.2F6P.Ru/c1-6-7(2)9(4)10(5)8(6)3;1-2-6-9-7-4-3-5-8-9;2*1-4(2)3-5;2*1-7(2,3,4,5)6;/h1-5H3;2-8H,1H2;2*3H,1-2H3;;;/q;;;;2*-1;+4. The molecule has 2 rings (SSSR count). The van der Waals surface area contributed by atoms with Gasteiger partial charge in [-0.25, -0.2) is 0 Å². The first kappa shape index (κ1) is 52.3. The van der Waals surface area contributed by atoms with Crippen molar-refractivity contribution in [3.8, 4) is 0 Å². The molecule has 1 fully saturated rings. The maximum absolute atomic E-state index is 10.7. The minimum atomic E-state index is -10.7. The molecule has 1 aromatic carbocycles. The van der Waals surface area contributed by atoms with Crippen molar-refractivity contribution in [1.82, 2.24) is 9.80 Å². The van der Waals surface area contributed by atoms with Crippen molar-refractivity contribution in [3.63, 3.8) is 0 Å². The number of rotatable bonds is 4. The molecule has 8 radical (unpaired) electrons. The van der Waals surface area contributed by atoms with E-state index in [4.69, 9.17) is 0 Å². The van der Waals surface area contributed by atoms with Crippen LogP contribution in [0.2, 0.25) is 0 Å². The Labute approximate surface area is 265 Å². The van der Waals surface area contributed by atoms with Crippen LogP contribution in [0.1, 0.15) is 40.2 Å². The summed E-state index contributed by atoms with van der Waals surface area (Å²) in [6.07, 6.45) is 5.26. The van der Waals surface area contributed by atoms with E-state index in [0.717, 1.165) is 12.8 Å². The van der Waals surface area contributed by atoms with Crippen LogP contribution >= 0.6 is 15.6 Å². The third kappa shape index (κ3) is 56.6. The molecule has 1 aliphatic rings. The zero-order valence-corrected chi connectivity index (χ0v) is 28.9. The van der Waals surface area contributed by atoms with Crippen LogP contribution < -0.4 is 0 Å². The fraction of sp³-hybridized carbons (Fsp3) is 0.360. The summed E-state index contributed by atoms with van der Waals surface area (Å²) in [6.45, 7) is 14.6. The van der Waals surface area contributed by atoms with Gasteiger partial charge in [-0.3, -0.25) is 9.59 Å². The minimum absolute atomic E-state index is 0. The first-order chi connectivity index (χ1) is 18.4. The third-order valence-electron chi connectivity index (χ3n) is 4.34. The Bertz CT molecular complexity index is 811. The number of carbonyl (C=O) groups excluding carboxylic acids is 2. The van der Waals surface area contributed by atoms with Gasteiger partial charge in [-0.15, -0.1) is 0 Å². The van der Waals surface area contributed by atoms with Crippen molar-refractivity contribution < 1.29 is 79.4 Å². The maximum atomic E-state index is 9.87. The van der Waals surface area contributed by atoms with Gasteiger partial charge >= 0.3 is 85.5 Å². The predicted molar refractivity (Wildman–Crippen MR) is 151 cm³/mol. The third-order valence-corrected chi connectivity index (χ3v) is 4.34. The molecule has 0 heterocycles. The molecule has 0 spiro atoms. The van der Waals surface area contributed by atoms with E-state index in [0.29, 0.717) is 0 Å². The second-order valence-electron chi connectivity index (χ2n) is 8.99. The van der Waals surface area contributed by atoms with E-state index in [1.807, 2.05) is 36.8 Å². The Hall–Kier alpha value is -1.20. The van der Waals surface area contributed by atoms with E-state index in [1.54, 1.807) is 34.6 Å². The average Bonchev–Trinajstić information content (AvgIpc) is 2.94. The predicted octanol–water partition coefficient (Wildman–Crippen LogP) is 11.4. The van der Waals surface area contributed by atoms with Gasteiger partial charge in [0.1, 0.15) is 0 Å². The monoisotopic (exact) mass is 790 g/mol. The Kier molecular flexibility index (Phi) is 21.7. The van der Waals surface area contributed by atoms with E-state index in [2.05, 4.69) is 41.5 Å². The van der Waals surface area contributed by atoms with Crippen LogP contribution in [0.25, 0.3) is 0 Å². The number of amides is 2. The van der Waals surface area contributed by atoms with Gasteiger partial charge in [-0.2, -0.15) is 0 Å². The molecule has 0 bridgehead atoms. The zero-order valence-electron chi connectivity index (χ0n) is 25.4. The van der Waals surface area contributed by atoms with E-state index in [9.17, 15) is 60.0 Å². The average molecular weight is 790 g/mol. The molecule has 1 aliphatic carbocycles. The van der Waals surface area contributed by atoms with Crippen molar-refractivity contribution >= 4 is 28.4 Å².